The van der Waals surface area contributed by atoms with E-state index in [1.807, 2.05) is 41.3 Å². The van der Waals surface area contributed by atoms with Gasteiger partial charge in [-0.15, -0.1) is 0 Å². The van der Waals surface area contributed by atoms with Crippen molar-refractivity contribution in [3.63, 3.8) is 0 Å². The molecule has 1 saturated heterocycles. The standard InChI is InChI=1S/C27H27Cl3N2O/c28-22-8-4-7-20(13-22)9-11-31-25-10-12-32(26(18-25)14-19-5-2-1-3-6-19)27(33)21-15-23(29)17-24(30)16-21/h1-8,13,15-17,25-26,31H,9-12,14,18H2/t25-,26+/m0/s1. The Morgan fingerprint density at radius 2 is 1.61 bits per heavy atom. The number of piperidine rings is 1. The summed E-state index contributed by atoms with van der Waals surface area (Å²) < 4.78 is 0. The predicted molar refractivity (Wildman–Crippen MR) is 138 cm³/mol. The number of nitrogens with zero attached hydrogens (tertiary/aromatic N) is 1. The minimum atomic E-state index is -0.0160. The van der Waals surface area contributed by atoms with Crippen LogP contribution in [0.2, 0.25) is 15.1 Å². The monoisotopic (exact) mass is 500 g/mol. The van der Waals surface area contributed by atoms with Crippen molar-refractivity contribution in [1.29, 1.82) is 0 Å². The van der Waals surface area contributed by atoms with E-state index in [9.17, 15) is 4.79 Å². The number of benzene rings is 3. The number of hydrogen-bond donors (Lipinski definition) is 1. The summed E-state index contributed by atoms with van der Waals surface area (Å²) in [5.74, 6) is -0.0160. The summed E-state index contributed by atoms with van der Waals surface area (Å²) >= 11 is 18.4. The van der Waals surface area contributed by atoms with Crippen LogP contribution in [-0.4, -0.2) is 36.0 Å². The molecule has 1 N–H and O–H groups in total. The van der Waals surface area contributed by atoms with Gasteiger partial charge in [0, 0.05) is 39.3 Å². The van der Waals surface area contributed by atoms with Crippen LogP contribution in [0.3, 0.4) is 0 Å². The molecule has 1 heterocycles. The lowest BCUT2D eigenvalue weighted by Crippen LogP contribution is -2.52. The molecule has 33 heavy (non-hydrogen) atoms. The number of halogens is 3. The largest absolute Gasteiger partial charge is 0.335 e. The van der Waals surface area contributed by atoms with Gasteiger partial charge in [-0.25, -0.2) is 0 Å². The molecule has 4 rings (SSSR count). The van der Waals surface area contributed by atoms with Gasteiger partial charge in [0.1, 0.15) is 0 Å². The lowest BCUT2D eigenvalue weighted by atomic mass is 9.91. The van der Waals surface area contributed by atoms with Crippen molar-refractivity contribution in [2.75, 3.05) is 13.1 Å². The molecule has 0 unspecified atom stereocenters. The van der Waals surface area contributed by atoms with Crippen LogP contribution in [-0.2, 0) is 12.8 Å². The molecule has 1 aliphatic heterocycles. The van der Waals surface area contributed by atoms with Gasteiger partial charge in [0.25, 0.3) is 5.91 Å². The van der Waals surface area contributed by atoms with Gasteiger partial charge in [0.05, 0.1) is 0 Å². The highest BCUT2D eigenvalue weighted by atomic mass is 35.5. The topological polar surface area (TPSA) is 32.3 Å². The fourth-order valence-corrected chi connectivity index (χ4v) is 5.28. The summed E-state index contributed by atoms with van der Waals surface area (Å²) in [6, 6.07) is 23.8. The van der Waals surface area contributed by atoms with Gasteiger partial charge in [-0.05, 0) is 73.7 Å². The summed E-state index contributed by atoms with van der Waals surface area (Å²) in [7, 11) is 0. The Hall–Kier alpha value is -2.04. The molecule has 3 aromatic rings. The maximum atomic E-state index is 13.4. The Balaban J connectivity index is 1.45. The number of rotatable bonds is 7. The van der Waals surface area contributed by atoms with Crippen molar-refractivity contribution >= 4 is 40.7 Å². The van der Waals surface area contributed by atoms with E-state index in [2.05, 4.69) is 23.5 Å². The maximum absolute atomic E-state index is 13.4. The fourth-order valence-electron chi connectivity index (χ4n) is 4.54. The van der Waals surface area contributed by atoms with Crippen molar-refractivity contribution in [1.82, 2.24) is 10.2 Å². The summed E-state index contributed by atoms with van der Waals surface area (Å²) in [6.07, 6.45) is 3.53. The predicted octanol–water partition coefficient (Wildman–Crippen LogP) is 6.70. The third-order valence-electron chi connectivity index (χ3n) is 6.14. The summed E-state index contributed by atoms with van der Waals surface area (Å²) in [4.78, 5) is 15.4. The molecule has 0 radical (unpaired) electrons. The first-order chi connectivity index (χ1) is 16.0. The quantitative estimate of drug-likeness (QED) is 0.391. The van der Waals surface area contributed by atoms with E-state index in [1.165, 1.54) is 11.1 Å². The van der Waals surface area contributed by atoms with Crippen LogP contribution in [0.25, 0.3) is 0 Å². The zero-order chi connectivity index (χ0) is 23.2. The minimum Gasteiger partial charge on any atom is -0.335 e. The SMILES string of the molecule is O=C(c1cc(Cl)cc(Cl)c1)N1CC[C@H](NCCc2cccc(Cl)c2)C[C@H]1Cc1ccccc1. The highest BCUT2D eigenvalue weighted by molar-refractivity contribution is 6.35. The summed E-state index contributed by atoms with van der Waals surface area (Å²) in [5.41, 5.74) is 2.99. The molecule has 2 atom stereocenters. The second-order valence-corrected chi connectivity index (χ2v) is 9.86. The number of nitrogens with one attached hydrogen (secondary N) is 1. The zero-order valence-corrected chi connectivity index (χ0v) is 20.6. The molecule has 0 aromatic heterocycles. The summed E-state index contributed by atoms with van der Waals surface area (Å²) in [5, 5.41) is 5.42. The average Bonchev–Trinajstić information content (AvgIpc) is 2.79. The third kappa shape index (κ3) is 6.74. The maximum Gasteiger partial charge on any atom is 0.254 e. The van der Waals surface area contributed by atoms with Crippen molar-refractivity contribution in [2.45, 2.75) is 37.8 Å². The van der Waals surface area contributed by atoms with Gasteiger partial charge in [0.15, 0.2) is 0 Å². The lowest BCUT2D eigenvalue weighted by Gasteiger charge is -2.40. The molecule has 0 spiro atoms. The molecule has 1 fully saturated rings. The van der Waals surface area contributed by atoms with Crippen molar-refractivity contribution in [3.05, 3.63) is 105 Å². The average molecular weight is 502 g/mol. The smallest absolute Gasteiger partial charge is 0.254 e. The third-order valence-corrected chi connectivity index (χ3v) is 6.81. The zero-order valence-electron chi connectivity index (χ0n) is 18.3. The number of carbonyl (C=O) groups is 1. The Bertz CT molecular complexity index is 1070. The highest BCUT2D eigenvalue weighted by Gasteiger charge is 2.32. The number of carbonyl (C=O) groups excluding carboxylic acids is 1. The van der Waals surface area contributed by atoms with Crippen LogP contribution in [0.15, 0.2) is 72.8 Å². The molecule has 0 aliphatic carbocycles. The van der Waals surface area contributed by atoms with E-state index in [0.29, 0.717) is 28.2 Å². The van der Waals surface area contributed by atoms with Crippen LogP contribution < -0.4 is 5.32 Å². The summed E-state index contributed by atoms with van der Waals surface area (Å²) in [6.45, 7) is 1.57. The Morgan fingerprint density at radius 1 is 0.879 bits per heavy atom. The number of hydrogen-bond acceptors (Lipinski definition) is 2. The van der Waals surface area contributed by atoms with Gasteiger partial charge in [0.2, 0.25) is 0 Å². The van der Waals surface area contributed by atoms with Crippen LogP contribution in [0, 0.1) is 0 Å². The van der Waals surface area contributed by atoms with E-state index >= 15 is 0 Å². The molecule has 172 valence electrons. The van der Waals surface area contributed by atoms with Crippen molar-refractivity contribution in [3.8, 4) is 0 Å². The number of amides is 1. The minimum absolute atomic E-state index is 0.0160. The van der Waals surface area contributed by atoms with Gasteiger partial charge in [-0.3, -0.25) is 4.79 Å². The normalized spacial score (nSPS) is 18.3. The molecule has 0 bridgehead atoms. The van der Waals surface area contributed by atoms with Gasteiger partial charge in [-0.1, -0.05) is 77.3 Å². The van der Waals surface area contributed by atoms with E-state index in [0.717, 1.165) is 37.3 Å². The Kier molecular flexibility index (Phi) is 8.32. The Morgan fingerprint density at radius 3 is 2.33 bits per heavy atom. The van der Waals surface area contributed by atoms with E-state index in [4.69, 9.17) is 34.8 Å². The number of likely N-dealkylation sites (tertiary alicyclic amines) is 1. The molecule has 6 heteroatoms. The first-order valence-corrected chi connectivity index (χ1v) is 12.4. The van der Waals surface area contributed by atoms with E-state index < -0.39 is 0 Å². The van der Waals surface area contributed by atoms with Crippen molar-refractivity contribution in [2.24, 2.45) is 0 Å². The molecular formula is C27H27Cl3N2O. The van der Waals surface area contributed by atoms with Gasteiger partial charge in [-0.2, -0.15) is 0 Å². The van der Waals surface area contributed by atoms with Gasteiger partial charge >= 0.3 is 0 Å². The van der Waals surface area contributed by atoms with Gasteiger partial charge < -0.3 is 10.2 Å². The first kappa shape index (κ1) is 24.1. The first-order valence-electron chi connectivity index (χ1n) is 11.3. The molecule has 1 aliphatic rings. The second-order valence-electron chi connectivity index (χ2n) is 8.56. The van der Waals surface area contributed by atoms with Crippen LogP contribution in [0.4, 0.5) is 0 Å². The molecule has 3 aromatic carbocycles. The molecular weight excluding hydrogens is 475 g/mol. The van der Waals surface area contributed by atoms with Crippen LogP contribution in [0.5, 0.6) is 0 Å². The fraction of sp³-hybridized carbons (Fsp3) is 0.296. The van der Waals surface area contributed by atoms with E-state index in [1.54, 1.807) is 18.2 Å². The Labute approximate surface area is 210 Å². The lowest BCUT2D eigenvalue weighted by molar-refractivity contribution is 0.0578. The second kappa shape index (κ2) is 11.4. The van der Waals surface area contributed by atoms with Crippen LogP contribution >= 0.6 is 34.8 Å². The van der Waals surface area contributed by atoms with Crippen LogP contribution in [0.1, 0.15) is 34.3 Å². The van der Waals surface area contributed by atoms with Crippen molar-refractivity contribution < 1.29 is 4.79 Å². The highest BCUT2D eigenvalue weighted by Crippen LogP contribution is 2.26. The molecule has 0 saturated carbocycles. The molecule has 1 amide bonds. The van der Waals surface area contributed by atoms with E-state index in [-0.39, 0.29) is 11.9 Å². The molecule has 3 nitrogen and oxygen atoms in total.